The third kappa shape index (κ3) is 2.89. The Bertz CT molecular complexity index is 651. The molecule has 1 heterocycles. The molecule has 0 saturated carbocycles. The molecular weight excluding hydrogens is 248 g/mol. The van der Waals surface area contributed by atoms with Gasteiger partial charge in [0, 0.05) is 31.2 Å². The van der Waals surface area contributed by atoms with E-state index < -0.39 is 0 Å². The van der Waals surface area contributed by atoms with Crippen molar-refractivity contribution in [2.24, 2.45) is 0 Å². The van der Waals surface area contributed by atoms with Gasteiger partial charge in [0.2, 0.25) is 0 Å². The molecule has 0 saturated heterocycles. The van der Waals surface area contributed by atoms with E-state index in [1.807, 2.05) is 63.2 Å². The summed E-state index contributed by atoms with van der Waals surface area (Å²) in [6.45, 7) is 3.78. The molecule has 20 heavy (non-hydrogen) atoms. The van der Waals surface area contributed by atoms with Crippen LogP contribution in [0.1, 0.15) is 17.0 Å². The van der Waals surface area contributed by atoms with Gasteiger partial charge in [-0.1, -0.05) is 0 Å². The highest BCUT2D eigenvalue weighted by molar-refractivity contribution is 5.69. The van der Waals surface area contributed by atoms with E-state index in [4.69, 9.17) is 0 Å². The van der Waals surface area contributed by atoms with Crippen LogP contribution in [0.2, 0.25) is 0 Å². The van der Waals surface area contributed by atoms with E-state index in [-0.39, 0.29) is 0 Å². The molecule has 1 aromatic heterocycles. The van der Waals surface area contributed by atoms with Crippen LogP contribution in [0.5, 0.6) is 0 Å². The predicted octanol–water partition coefficient (Wildman–Crippen LogP) is 3.38. The summed E-state index contributed by atoms with van der Waals surface area (Å²) in [6.07, 6.45) is 0. The summed E-state index contributed by atoms with van der Waals surface area (Å²) in [7, 11) is 4.01. The third-order valence-corrected chi connectivity index (χ3v) is 3.10. The summed E-state index contributed by atoms with van der Waals surface area (Å²) in [5.74, 6) is 0. The maximum atomic E-state index is 9.25. The number of nitrogens with one attached hydrogen (secondary N) is 1. The van der Waals surface area contributed by atoms with E-state index in [0.29, 0.717) is 5.56 Å². The van der Waals surface area contributed by atoms with E-state index in [2.05, 4.69) is 16.4 Å². The lowest BCUT2D eigenvalue weighted by atomic mass is 10.1. The Morgan fingerprint density at radius 2 is 1.80 bits per heavy atom. The number of pyridine rings is 1. The Morgan fingerprint density at radius 1 is 1.15 bits per heavy atom. The van der Waals surface area contributed by atoms with Crippen molar-refractivity contribution in [1.29, 1.82) is 5.26 Å². The first-order chi connectivity index (χ1) is 9.51. The first kappa shape index (κ1) is 13.9. The number of hydrogen-bond donors (Lipinski definition) is 1. The Hall–Kier alpha value is -2.54. The van der Waals surface area contributed by atoms with Gasteiger partial charge in [-0.25, -0.2) is 0 Å². The van der Waals surface area contributed by atoms with Crippen LogP contribution in [-0.4, -0.2) is 19.1 Å². The minimum absolute atomic E-state index is 0.590. The monoisotopic (exact) mass is 266 g/mol. The summed E-state index contributed by atoms with van der Waals surface area (Å²) in [4.78, 5) is 6.36. The average Bonchev–Trinajstić information content (AvgIpc) is 2.39. The summed E-state index contributed by atoms with van der Waals surface area (Å²) < 4.78 is 0. The number of aromatic nitrogens is 1. The Morgan fingerprint density at radius 3 is 2.35 bits per heavy atom. The van der Waals surface area contributed by atoms with Gasteiger partial charge in [0.05, 0.1) is 16.9 Å². The number of nitriles is 1. The van der Waals surface area contributed by atoms with Crippen molar-refractivity contribution in [2.75, 3.05) is 24.3 Å². The summed E-state index contributed by atoms with van der Waals surface area (Å²) in [5.41, 5.74) is 5.13. The second-order valence-electron chi connectivity index (χ2n) is 4.95. The molecule has 2 aromatic rings. The molecule has 1 N–H and O–H groups in total. The van der Waals surface area contributed by atoms with Crippen molar-refractivity contribution >= 4 is 17.1 Å². The van der Waals surface area contributed by atoms with Crippen molar-refractivity contribution < 1.29 is 0 Å². The van der Waals surface area contributed by atoms with Crippen LogP contribution in [0.3, 0.4) is 0 Å². The molecular formula is C16H18N4. The maximum absolute atomic E-state index is 9.25. The van der Waals surface area contributed by atoms with E-state index in [9.17, 15) is 5.26 Å². The highest BCUT2D eigenvalue weighted by atomic mass is 15.1. The molecule has 2 rings (SSSR count). The van der Waals surface area contributed by atoms with E-state index in [1.54, 1.807) is 0 Å². The van der Waals surface area contributed by atoms with E-state index >= 15 is 0 Å². The second kappa shape index (κ2) is 5.62. The lowest BCUT2D eigenvalue weighted by molar-refractivity contribution is 1.11. The van der Waals surface area contributed by atoms with Gasteiger partial charge in [-0.05, 0) is 44.2 Å². The standard InChI is InChI=1S/C16H18N4/c1-11-9-16(15(10-17)12(2)18-11)19-13-5-7-14(8-6-13)20(3)4/h5-9H,1-4H3,(H,18,19). The van der Waals surface area contributed by atoms with Gasteiger partial charge < -0.3 is 10.2 Å². The fourth-order valence-corrected chi connectivity index (χ4v) is 2.07. The molecule has 0 unspecified atom stereocenters. The quantitative estimate of drug-likeness (QED) is 0.925. The van der Waals surface area contributed by atoms with Gasteiger partial charge in [0.15, 0.2) is 0 Å². The first-order valence-corrected chi connectivity index (χ1v) is 6.44. The minimum atomic E-state index is 0.590. The maximum Gasteiger partial charge on any atom is 0.103 e. The van der Waals surface area contributed by atoms with Crippen LogP contribution in [0.25, 0.3) is 0 Å². The lowest BCUT2D eigenvalue weighted by Crippen LogP contribution is -2.08. The normalized spacial score (nSPS) is 9.95. The molecule has 0 amide bonds. The van der Waals surface area contributed by atoms with Crippen LogP contribution >= 0.6 is 0 Å². The molecule has 0 fully saturated rings. The van der Waals surface area contributed by atoms with Crippen LogP contribution in [0.15, 0.2) is 30.3 Å². The zero-order valence-electron chi connectivity index (χ0n) is 12.2. The van der Waals surface area contributed by atoms with E-state index in [0.717, 1.165) is 28.5 Å². The molecule has 4 heteroatoms. The summed E-state index contributed by atoms with van der Waals surface area (Å²) in [6, 6.07) is 12.2. The highest BCUT2D eigenvalue weighted by Crippen LogP contribution is 2.24. The van der Waals surface area contributed by atoms with Crippen molar-refractivity contribution in [3.8, 4) is 6.07 Å². The van der Waals surface area contributed by atoms with Gasteiger partial charge in [-0.3, -0.25) is 4.98 Å². The lowest BCUT2D eigenvalue weighted by Gasteiger charge is -2.14. The van der Waals surface area contributed by atoms with Crippen LogP contribution in [0.4, 0.5) is 17.1 Å². The Kier molecular flexibility index (Phi) is 3.90. The van der Waals surface area contributed by atoms with Crippen molar-refractivity contribution in [1.82, 2.24) is 4.98 Å². The number of anilines is 3. The molecule has 0 bridgehead atoms. The van der Waals surface area contributed by atoms with Crippen molar-refractivity contribution in [2.45, 2.75) is 13.8 Å². The fourth-order valence-electron chi connectivity index (χ4n) is 2.07. The fraction of sp³-hybridized carbons (Fsp3) is 0.250. The Labute approximate surface area is 119 Å². The number of benzene rings is 1. The van der Waals surface area contributed by atoms with Crippen molar-refractivity contribution in [3.63, 3.8) is 0 Å². The average molecular weight is 266 g/mol. The topological polar surface area (TPSA) is 52.0 Å². The van der Waals surface area contributed by atoms with Crippen molar-refractivity contribution in [3.05, 3.63) is 47.3 Å². The first-order valence-electron chi connectivity index (χ1n) is 6.44. The van der Waals surface area contributed by atoms with Crippen LogP contribution in [-0.2, 0) is 0 Å². The summed E-state index contributed by atoms with van der Waals surface area (Å²) >= 11 is 0. The van der Waals surface area contributed by atoms with Gasteiger partial charge in [0.1, 0.15) is 6.07 Å². The number of hydrogen-bond acceptors (Lipinski definition) is 4. The minimum Gasteiger partial charge on any atom is -0.378 e. The predicted molar refractivity (Wildman–Crippen MR) is 82.5 cm³/mol. The van der Waals surface area contributed by atoms with Gasteiger partial charge >= 0.3 is 0 Å². The number of nitrogens with zero attached hydrogens (tertiary/aromatic N) is 3. The SMILES string of the molecule is Cc1cc(Nc2ccc(N(C)C)cc2)c(C#N)c(C)n1. The third-order valence-electron chi connectivity index (χ3n) is 3.10. The molecule has 0 atom stereocenters. The van der Waals surface area contributed by atoms with Crippen LogP contribution in [0, 0.1) is 25.2 Å². The molecule has 0 spiro atoms. The highest BCUT2D eigenvalue weighted by Gasteiger charge is 2.08. The smallest absolute Gasteiger partial charge is 0.103 e. The number of rotatable bonds is 3. The number of aryl methyl sites for hydroxylation is 2. The zero-order valence-corrected chi connectivity index (χ0v) is 12.2. The molecule has 1 aromatic carbocycles. The molecule has 0 radical (unpaired) electrons. The second-order valence-corrected chi connectivity index (χ2v) is 4.95. The Balaban J connectivity index is 2.33. The molecule has 102 valence electrons. The zero-order chi connectivity index (χ0) is 14.7. The molecule has 4 nitrogen and oxygen atoms in total. The largest absolute Gasteiger partial charge is 0.378 e. The van der Waals surface area contributed by atoms with Gasteiger partial charge in [-0.2, -0.15) is 5.26 Å². The van der Waals surface area contributed by atoms with Gasteiger partial charge in [0.25, 0.3) is 0 Å². The molecule has 0 aliphatic rings. The van der Waals surface area contributed by atoms with E-state index in [1.165, 1.54) is 0 Å². The summed E-state index contributed by atoms with van der Waals surface area (Å²) in [5, 5.41) is 12.5. The molecule has 0 aliphatic carbocycles. The van der Waals surface area contributed by atoms with Crippen LogP contribution < -0.4 is 10.2 Å². The van der Waals surface area contributed by atoms with Gasteiger partial charge in [-0.15, -0.1) is 0 Å². The molecule has 0 aliphatic heterocycles.